The molecule has 102 valence electrons. The molecule has 0 saturated heterocycles. The van der Waals surface area contributed by atoms with Crippen LogP contribution in [0, 0.1) is 6.92 Å². The molecule has 0 aliphatic heterocycles. The average molecular weight is 256 g/mol. The molecule has 0 heterocycles. The van der Waals surface area contributed by atoms with E-state index in [4.69, 9.17) is 0 Å². The minimum Gasteiger partial charge on any atom is -0.412 e. The van der Waals surface area contributed by atoms with Crippen molar-refractivity contribution in [3.05, 3.63) is 77.4 Å². The van der Waals surface area contributed by atoms with Gasteiger partial charge < -0.3 is 5.48 Å². The Morgan fingerprint density at radius 1 is 0.842 bits per heavy atom. The summed E-state index contributed by atoms with van der Waals surface area (Å²) in [6.07, 6.45) is 5.38. The normalized spacial score (nSPS) is 9.42. The van der Waals surface area contributed by atoms with Gasteiger partial charge >= 0.3 is 0 Å². The second-order valence-corrected chi connectivity index (χ2v) is 4.00. The third-order valence-corrected chi connectivity index (χ3v) is 2.58. The zero-order chi connectivity index (χ0) is 13.2. The van der Waals surface area contributed by atoms with Crippen LogP contribution < -0.4 is 0 Å². The first-order valence-corrected chi connectivity index (χ1v) is 6.62. The fraction of sp³-hybridized carbons (Fsp3) is 0.222. The lowest BCUT2D eigenvalue weighted by Crippen LogP contribution is -1.79. The van der Waals surface area contributed by atoms with E-state index in [0.29, 0.717) is 0 Å². The Labute approximate surface area is 116 Å². The maximum Gasteiger partial charge on any atom is -0.00941 e. The number of hydrogen-bond acceptors (Lipinski definition) is 0. The van der Waals surface area contributed by atoms with E-state index in [1.807, 2.05) is 19.9 Å². The summed E-state index contributed by atoms with van der Waals surface area (Å²) in [7, 11) is 0. The van der Waals surface area contributed by atoms with Crippen LogP contribution in [-0.2, 0) is 6.42 Å². The predicted octanol–water partition coefficient (Wildman–Crippen LogP) is 4.45. The van der Waals surface area contributed by atoms with Gasteiger partial charge in [-0.15, -0.1) is 0 Å². The fourth-order valence-corrected chi connectivity index (χ4v) is 1.62. The highest BCUT2D eigenvalue weighted by Gasteiger charge is 1.88. The molecule has 0 aliphatic carbocycles. The molecule has 0 radical (unpaired) electrons. The van der Waals surface area contributed by atoms with Gasteiger partial charge in [0.05, 0.1) is 0 Å². The Hall–Kier alpha value is -1.86. The van der Waals surface area contributed by atoms with Crippen molar-refractivity contribution in [1.29, 1.82) is 0 Å². The number of hydrogen-bond donors (Lipinski definition) is 0. The SMILES string of the molecule is CC.Cc1ccc(/C=C/Cc2ccccc2)cc1.O. The van der Waals surface area contributed by atoms with E-state index in [-0.39, 0.29) is 5.48 Å². The molecule has 1 nitrogen and oxygen atoms in total. The van der Waals surface area contributed by atoms with Crippen LogP contribution in [0.25, 0.3) is 6.08 Å². The summed E-state index contributed by atoms with van der Waals surface area (Å²) in [5, 5.41) is 0. The molecule has 0 aliphatic rings. The van der Waals surface area contributed by atoms with Crippen LogP contribution in [0.1, 0.15) is 30.5 Å². The first-order chi connectivity index (χ1) is 8.84. The van der Waals surface area contributed by atoms with E-state index in [9.17, 15) is 0 Å². The largest absolute Gasteiger partial charge is 0.412 e. The van der Waals surface area contributed by atoms with Crippen molar-refractivity contribution in [3.8, 4) is 0 Å². The minimum atomic E-state index is 0. The third kappa shape index (κ3) is 6.58. The first-order valence-electron chi connectivity index (χ1n) is 6.62. The Balaban J connectivity index is 0.00000103. The fourth-order valence-electron chi connectivity index (χ4n) is 1.62. The van der Waals surface area contributed by atoms with Gasteiger partial charge in [0, 0.05) is 0 Å². The molecule has 2 aromatic carbocycles. The summed E-state index contributed by atoms with van der Waals surface area (Å²) < 4.78 is 0. The molecule has 0 spiro atoms. The van der Waals surface area contributed by atoms with Crippen molar-refractivity contribution in [3.63, 3.8) is 0 Å². The van der Waals surface area contributed by atoms with Crippen LogP contribution >= 0.6 is 0 Å². The Kier molecular flexibility index (Phi) is 9.11. The second kappa shape index (κ2) is 10.1. The Bertz CT molecular complexity index is 455. The summed E-state index contributed by atoms with van der Waals surface area (Å²) in [4.78, 5) is 0. The van der Waals surface area contributed by atoms with Gasteiger partial charge in [-0.25, -0.2) is 0 Å². The van der Waals surface area contributed by atoms with Crippen molar-refractivity contribution in [2.75, 3.05) is 0 Å². The van der Waals surface area contributed by atoms with Gasteiger partial charge in [-0.3, -0.25) is 0 Å². The lowest BCUT2D eigenvalue weighted by molar-refractivity contribution is 0.824. The number of allylic oxidation sites excluding steroid dienone is 1. The van der Waals surface area contributed by atoms with Crippen LogP contribution in [0.15, 0.2) is 60.7 Å². The van der Waals surface area contributed by atoms with Crippen LogP contribution in [0.3, 0.4) is 0 Å². The summed E-state index contributed by atoms with van der Waals surface area (Å²) in [6.45, 7) is 6.11. The lowest BCUT2D eigenvalue weighted by atomic mass is 10.1. The predicted molar refractivity (Wildman–Crippen MR) is 85.3 cm³/mol. The van der Waals surface area contributed by atoms with Crippen LogP contribution in [-0.4, -0.2) is 5.48 Å². The topological polar surface area (TPSA) is 31.5 Å². The molecule has 2 rings (SSSR count). The van der Waals surface area contributed by atoms with E-state index in [2.05, 4.69) is 67.6 Å². The summed E-state index contributed by atoms with van der Waals surface area (Å²) in [5.74, 6) is 0. The van der Waals surface area contributed by atoms with Crippen LogP contribution in [0.2, 0.25) is 0 Å². The minimum absolute atomic E-state index is 0. The molecule has 0 saturated carbocycles. The van der Waals surface area contributed by atoms with Gasteiger partial charge in [0.2, 0.25) is 0 Å². The van der Waals surface area contributed by atoms with Gasteiger partial charge in [0.15, 0.2) is 0 Å². The van der Waals surface area contributed by atoms with Crippen molar-refractivity contribution in [1.82, 2.24) is 0 Å². The summed E-state index contributed by atoms with van der Waals surface area (Å²) in [5.41, 5.74) is 3.92. The molecule has 2 aromatic rings. The van der Waals surface area contributed by atoms with Gasteiger partial charge in [-0.1, -0.05) is 86.2 Å². The molecular weight excluding hydrogens is 232 g/mol. The lowest BCUT2D eigenvalue weighted by Gasteiger charge is -1.96. The molecule has 2 N–H and O–H groups in total. The van der Waals surface area contributed by atoms with Crippen molar-refractivity contribution in [2.45, 2.75) is 27.2 Å². The molecule has 0 unspecified atom stereocenters. The van der Waals surface area contributed by atoms with E-state index in [0.717, 1.165) is 6.42 Å². The zero-order valence-electron chi connectivity index (χ0n) is 12.1. The van der Waals surface area contributed by atoms with E-state index in [1.165, 1.54) is 16.7 Å². The van der Waals surface area contributed by atoms with Gasteiger partial charge in [0.25, 0.3) is 0 Å². The Morgan fingerprint density at radius 3 is 2.00 bits per heavy atom. The Morgan fingerprint density at radius 2 is 1.42 bits per heavy atom. The van der Waals surface area contributed by atoms with Gasteiger partial charge in [-0.2, -0.15) is 0 Å². The molecule has 0 atom stereocenters. The number of aryl methyl sites for hydroxylation is 1. The smallest absolute Gasteiger partial charge is 0.00941 e. The maximum atomic E-state index is 2.21. The zero-order valence-corrected chi connectivity index (χ0v) is 12.1. The molecule has 19 heavy (non-hydrogen) atoms. The quantitative estimate of drug-likeness (QED) is 0.777. The summed E-state index contributed by atoms with van der Waals surface area (Å²) >= 11 is 0. The number of rotatable bonds is 3. The van der Waals surface area contributed by atoms with Gasteiger partial charge in [-0.05, 0) is 24.5 Å². The van der Waals surface area contributed by atoms with Gasteiger partial charge in [0.1, 0.15) is 0 Å². The van der Waals surface area contributed by atoms with Crippen molar-refractivity contribution < 1.29 is 5.48 Å². The highest BCUT2D eigenvalue weighted by Crippen LogP contribution is 2.07. The highest BCUT2D eigenvalue weighted by molar-refractivity contribution is 5.50. The first kappa shape index (κ1) is 17.1. The summed E-state index contributed by atoms with van der Waals surface area (Å²) in [6, 6.07) is 19.1. The molecule has 0 aromatic heterocycles. The highest BCUT2D eigenvalue weighted by atomic mass is 16.0. The standard InChI is InChI=1S/C16H16.C2H6.H2O/c1-14-10-12-16(13-11-14)9-5-8-15-6-3-2-4-7-15;1-2;/h2-7,9-13H,8H2,1H3;1-2H3;1H2/b9-5+;;. The van der Waals surface area contributed by atoms with Crippen LogP contribution in [0.5, 0.6) is 0 Å². The molecular formula is C18H24O. The van der Waals surface area contributed by atoms with E-state index in [1.54, 1.807) is 0 Å². The average Bonchev–Trinajstić information content (AvgIpc) is 2.44. The van der Waals surface area contributed by atoms with Crippen molar-refractivity contribution in [2.24, 2.45) is 0 Å². The van der Waals surface area contributed by atoms with Crippen molar-refractivity contribution >= 4 is 6.08 Å². The molecule has 0 fully saturated rings. The molecule has 1 heteroatoms. The second-order valence-electron chi connectivity index (χ2n) is 4.00. The monoisotopic (exact) mass is 256 g/mol. The maximum absolute atomic E-state index is 2.21. The number of benzene rings is 2. The van der Waals surface area contributed by atoms with E-state index >= 15 is 0 Å². The molecule has 0 bridgehead atoms. The third-order valence-electron chi connectivity index (χ3n) is 2.58. The van der Waals surface area contributed by atoms with E-state index < -0.39 is 0 Å². The molecule has 0 amide bonds. The van der Waals surface area contributed by atoms with Crippen LogP contribution in [0.4, 0.5) is 0 Å².